The summed E-state index contributed by atoms with van der Waals surface area (Å²) < 4.78 is 1.61. The van der Waals surface area contributed by atoms with Crippen molar-refractivity contribution in [1.82, 2.24) is 15.0 Å². The van der Waals surface area contributed by atoms with Crippen molar-refractivity contribution in [3.63, 3.8) is 0 Å². The van der Waals surface area contributed by atoms with Crippen molar-refractivity contribution in [2.45, 2.75) is 11.9 Å². The molecule has 0 spiro atoms. The van der Waals surface area contributed by atoms with Gasteiger partial charge in [0, 0.05) is 11.5 Å². The van der Waals surface area contributed by atoms with E-state index in [9.17, 15) is 5.11 Å². The minimum atomic E-state index is -0.704. The maximum Gasteiger partial charge on any atom is 0.0930 e. The van der Waals surface area contributed by atoms with Crippen molar-refractivity contribution in [3.8, 4) is 5.69 Å². The molecule has 2 N–H and O–H groups in total. The highest BCUT2D eigenvalue weighted by molar-refractivity contribution is 7.98. The van der Waals surface area contributed by atoms with Crippen LogP contribution in [-0.4, -0.2) is 43.7 Å². The monoisotopic (exact) mass is 333 g/mol. The SMILES string of the molecule is OC[C@@H](O)CSCc1cn(-c2ccc(Cl)c(Cl)c2)nn1. The Morgan fingerprint density at radius 3 is 2.80 bits per heavy atom. The van der Waals surface area contributed by atoms with E-state index in [1.807, 2.05) is 0 Å². The van der Waals surface area contributed by atoms with Crippen LogP contribution in [-0.2, 0) is 5.75 Å². The van der Waals surface area contributed by atoms with Gasteiger partial charge in [-0.3, -0.25) is 0 Å². The van der Waals surface area contributed by atoms with Crippen molar-refractivity contribution >= 4 is 35.0 Å². The Hall–Kier alpha value is -0.790. The molecule has 0 aliphatic rings. The lowest BCUT2D eigenvalue weighted by molar-refractivity contribution is 0.113. The summed E-state index contributed by atoms with van der Waals surface area (Å²) in [5.74, 6) is 1.06. The maximum absolute atomic E-state index is 9.24. The molecule has 2 rings (SSSR count). The quantitative estimate of drug-likeness (QED) is 0.847. The van der Waals surface area contributed by atoms with Crippen LogP contribution in [0.3, 0.4) is 0 Å². The summed E-state index contributed by atoms with van der Waals surface area (Å²) in [7, 11) is 0. The van der Waals surface area contributed by atoms with E-state index in [1.54, 1.807) is 29.1 Å². The van der Waals surface area contributed by atoms with E-state index in [1.165, 1.54) is 11.8 Å². The molecule has 0 radical (unpaired) electrons. The Morgan fingerprint density at radius 2 is 2.10 bits per heavy atom. The molecule has 0 aliphatic heterocycles. The fraction of sp³-hybridized carbons (Fsp3) is 0.333. The van der Waals surface area contributed by atoms with Gasteiger partial charge in [0.1, 0.15) is 0 Å². The highest BCUT2D eigenvalue weighted by Gasteiger charge is 2.07. The molecule has 1 aromatic carbocycles. The zero-order valence-electron chi connectivity index (χ0n) is 10.4. The van der Waals surface area contributed by atoms with Gasteiger partial charge in [0.15, 0.2) is 0 Å². The number of benzene rings is 1. The summed E-state index contributed by atoms with van der Waals surface area (Å²) in [6.45, 7) is -0.233. The van der Waals surface area contributed by atoms with Crippen molar-refractivity contribution in [2.75, 3.05) is 12.4 Å². The second-order valence-corrected chi connectivity index (χ2v) is 5.95. The largest absolute Gasteiger partial charge is 0.394 e. The Morgan fingerprint density at radius 1 is 1.30 bits per heavy atom. The smallest absolute Gasteiger partial charge is 0.0930 e. The van der Waals surface area contributed by atoms with Gasteiger partial charge >= 0.3 is 0 Å². The number of aliphatic hydroxyl groups is 2. The molecule has 1 aromatic heterocycles. The molecule has 8 heteroatoms. The first-order valence-electron chi connectivity index (χ1n) is 5.83. The molecule has 1 heterocycles. The van der Waals surface area contributed by atoms with E-state index in [2.05, 4.69) is 10.3 Å². The molecular weight excluding hydrogens is 321 g/mol. The molecule has 108 valence electrons. The first kappa shape index (κ1) is 15.6. The van der Waals surface area contributed by atoms with Crippen LogP contribution in [0.5, 0.6) is 0 Å². The average Bonchev–Trinajstić information content (AvgIpc) is 2.90. The van der Waals surface area contributed by atoms with Gasteiger partial charge in [-0.1, -0.05) is 28.4 Å². The number of thioether (sulfide) groups is 1. The third kappa shape index (κ3) is 4.10. The summed E-state index contributed by atoms with van der Waals surface area (Å²) in [4.78, 5) is 0. The van der Waals surface area contributed by atoms with Crippen molar-refractivity contribution in [1.29, 1.82) is 0 Å². The van der Waals surface area contributed by atoms with Crippen LogP contribution in [0.25, 0.3) is 5.69 Å². The Kier molecular flexibility index (Phi) is 5.68. The van der Waals surface area contributed by atoms with Gasteiger partial charge in [-0.25, -0.2) is 4.68 Å². The summed E-state index contributed by atoms with van der Waals surface area (Å²) >= 11 is 13.3. The Labute approximate surface area is 130 Å². The summed E-state index contributed by atoms with van der Waals surface area (Å²) in [6, 6.07) is 5.22. The van der Waals surface area contributed by atoms with Crippen LogP contribution in [0.2, 0.25) is 10.0 Å². The van der Waals surface area contributed by atoms with Crippen molar-refractivity contribution in [3.05, 3.63) is 40.1 Å². The van der Waals surface area contributed by atoms with Crippen LogP contribution < -0.4 is 0 Å². The lowest BCUT2D eigenvalue weighted by Crippen LogP contribution is -2.14. The molecule has 0 saturated heterocycles. The van der Waals surface area contributed by atoms with Crippen LogP contribution in [0.4, 0.5) is 0 Å². The lowest BCUT2D eigenvalue weighted by atomic mass is 10.3. The third-order valence-electron chi connectivity index (χ3n) is 2.48. The average molecular weight is 334 g/mol. The lowest BCUT2D eigenvalue weighted by Gasteiger charge is -2.04. The molecular formula is C12H13Cl2N3O2S. The first-order chi connectivity index (χ1) is 9.60. The minimum Gasteiger partial charge on any atom is -0.394 e. The van der Waals surface area contributed by atoms with Crippen molar-refractivity contribution < 1.29 is 10.2 Å². The van der Waals surface area contributed by atoms with Gasteiger partial charge in [0.05, 0.1) is 40.3 Å². The van der Waals surface area contributed by atoms with Crippen LogP contribution in [0, 0.1) is 0 Å². The van der Waals surface area contributed by atoms with E-state index in [0.29, 0.717) is 21.6 Å². The number of aromatic nitrogens is 3. The number of hydrogen-bond acceptors (Lipinski definition) is 5. The zero-order valence-corrected chi connectivity index (χ0v) is 12.7. The number of hydrogen-bond donors (Lipinski definition) is 2. The molecule has 0 aliphatic carbocycles. The van der Waals surface area contributed by atoms with Gasteiger partial charge in [-0.05, 0) is 18.2 Å². The van der Waals surface area contributed by atoms with E-state index in [-0.39, 0.29) is 6.61 Å². The van der Waals surface area contributed by atoms with E-state index < -0.39 is 6.10 Å². The van der Waals surface area contributed by atoms with Gasteiger partial charge in [0.2, 0.25) is 0 Å². The van der Waals surface area contributed by atoms with Gasteiger partial charge in [-0.15, -0.1) is 5.10 Å². The standard InChI is InChI=1S/C12H13Cl2N3O2S/c13-11-2-1-9(3-12(11)14)17-4-8(15-16-17)6-20-7-10(19)5-18/h1-4,10,18-19H,5-7H2/t10-/m1/s1. The molecule has 2 aromatic rings. The van der Waals surface area contributed by atoms with Crippen LogP contribution in [0.15, 0.2) is 24.4 Å². The number of halogens is 2. The second kappa shape index (κ2) is 7.28. The molecule has 0 unspecified atom stereocenters. The first-order valence-corrected chi connectivity index (χ1v) is 7.74. The van der Waals surface area contributed by atoms with Gasteiger partial charge in [-0.2, -0.15) is 11.8 Å². The molecule has 0 bridgehead atoms. The molecule has 0 amide bonds. The molecule has 5 nitrogen and oxygen atoms in total. The van der Waals surface area contributed by atoms with Crippen LogP contribution in [0.1, 0.15) is 5.69 Å². The highest BCUT2D eigenvalue weighted by atomic mass is 35.5. The van der Waals surface area contributed by atoms with E-state index >= 15 is 0 Å². The van der Waals surface area contributed by atoms with Crippen molar-refractivity contribution in [2.24, 2.45) is 0 Å². The minimum absolute atomic E-state index is 0.233. The Balaban J connectivity index is 1.99. The maximum atomic E-state index is 9.24. The summed E-state index contributed by atoms with van der Waals surface area (Å²) in [6.07, 6.45) is 1.09. The second-order valence-electron chi connectivity index (χ2n) is 4.10. The molecule has 20 heavy (non-hydrogen) atoms. The van der Waals surface area contributed by atoms with E-state index in [0.717, 1.165) is 11.4 Å². The van der Waals surface area contributed by atoms with Crippen LogP contribution >= 0.6 is 35.0 Å². The van der Waals surface area contributed by atoms with Gasteiger partial charge < -0.3 is 10.2 Å². The number of aliphatic hydroxyl groups excluding tert-OH is 2. The number of nitrogens with zero attached hydrogens (tertiary/aromatic N) is 3. The molecule has 0 fully saturated rings. The zero-order chi connectivity index (χ0) is 14.5. The highest BCUT2D eigenvalue weighted by Crippen LogP contribution is 2.24. The molecule has 0 saturated carbocycles. The van der Waals surface area contributed by atoms with Gasteiger partial charge in [0.25, 0.3) is 0 Å². The fourth-order valence-corrected chi connectivity index (χ4v) is 2.60. The number of rotatable bonds is 6. The predicted molar refractivity (Wildman–Crippen MR) is 80.6 cm³/mol. The fourth-order valence-electron chi connectivity index (χ4n) is 1.47. The normalized spacial score (nSPS) is 12.6. The summed E-state index contributed by atoms with van der Waals surface area (Å²) in [5.41, 5.74) is 1.56. The summed E-state index contributed by atoms with van der Waals surface area (Å²) in [5, 5.41) is 27.0. The topological polar surface area (TPSA) is 71.2 Å². The van der Waals surface area contributed by atoms with E-state index in [4.69, 9.17) is 28.3 Å². The Bertz CT molecular complexity index is 580. The molecule has 1 atom stereocenters. The predicted octanol–water partition coefficient (Wildman–Crippen LogP) is 2.16. The third-order valence-corrected chi connectivity index (χ3v) is 4.34.